The van der Waals surface area contributed by atoms with Crippen molar-refractivity contribution in [3.63, 3.8) is 0 Å². The van der Waals surface area contributed by atoms with Gasteiger partial charge in [0.25, 0.3) is 0 Å². The van der Waals surface area contributed by atoms with Crippen LogP contribution < -0.4 is 15.4 Å². The van der Waals surface area contributed by atoms with Crippen LogP contribution in [0.3, 0.4) is 0 Å². The number of anilines is 2. The van der Waals surface area contributed by atoms with Gasteiger partial charge in [-0.2, -0.15) is 9.97 Å². The van der Waals surface area contributed by atoms with E-state index in [9.17, 15) is 0 Å². The van der Waals surface area contributed by atoms with Crippen LogP contribution in [0.25, 0.3) is 0 Å². The van der Waals surface area contributed by atoms with Gasteiger partial charge in [0, 0.05) is 18.7 Å². The van der Waals surface area contributed by atoms with Crippen molar-refractivity contribution in [1.29, 1.82) is 0 Å². The molecule has 0 aromatic carbocycles. The first-order valence-corrected chi connectivity index (χ1v) is 6.19. The summed E-state index contributed by atoms with van der Waals surface area (Å²) in [4.78, 5) is 10.6. The van der Waals surface area contributed by atoms with E-state index in [0.29, 0.717) is 11.9 Å². The minimum atomic E-state index is 0.279. The molecule has 0 aliphatic heterocycles. The maximum Gasteiger partial charge on any atom is 0.225 e. The molecule has 0 radical (unpaired) electrons. The third kappa shape index (κ3) is 2.99. The van der Waals surface area contributed by atoms with Gasteiger partial charge in [-0.1, -0.05) is 13.3 Å². The molecule has 1 heterocycles. The van der Waals surface area contributed by atoms with Gasteiger partial charge in [0.15, 0.2) is 0 Å². The van der Waals surface area contributed by atoms with Gasteiger partial charge in [-0.15, -0.1) is 0 Å². The molecule has 0 saturated heterocycles. The van der Waals surface area contributed by atoms with Crippen molar-refractivity contribution >= 4 is 11.8 Å². The molecule has 0 spiro atoms. The average Bonchev–Trinajstić information content (AvgIpc) is 3.13. The molecule has 1 aromatic rings. The Balaban J connectivity index is 2.18. The van der Waals surface area contributed by atoms with Gasteiger partial charge >= 0.3 is 0 Å². The number of nitrogens with two attached hydrogens (primary N) is 1. The minimum Gasteiger partial charge on any atom is -0.481 e. The second-order valence-corrected chi connectivity index (χ2v) is 4.40. The summed E-state index contributed by atoms with van der Waals surface area (Å²) in [6, 6.07) is 2.49. The molecule has 17 heavy (non-hydrogen) atoms. The number of nitrogen functional groups attached to an aromatic ring is 1. The van der Waals surface area contributed by atoms with Crippen molar-refractivity contribution in [3.05, 3.63) is 6.07 Å². The molecule has 94 valence electrons. The Morgan fingerprint density at radius 2 is 2.24 bits per heavy atom. The lowest BCUT2D eigenvalue weighted by Gasteiger charge is -2.23. The first-order valence-electron chi connectivity index (χ1n) is 6.19. The largest absolute Gasteiger partial charge is 0.481 e. The standard InChI is InChI=1S/C12H20N4O/c1-3-4-7-16(9-5-6-9)10-8-11(17-2)15-12(13)14-10/h8-9H,3-7H2,1-2H3,(H2,13,14,15). The zero-order chi connectivity index (χ0) is 12.3. The van der Waals surface area contributed by atoms with Crippen molar-refractivity contribution in [2.75, 3.05) is 24.3 Å². The van der Waals surface area contributed by atoms with Crippen LogP contribution in [0.5, 0.6) is 5.88 Å². The summed E-state index contributed by atoms with van der Waals surface area (Å²) in [6.07, 6.45) is 4.84. The molecular weight excluding hydrogens is 216 g/mol. The summed E-state index contributed by atoms with van der Waals surface area (Å²) in [6.45, 7) is 3.22. The van der Waals surface area contributed by atoms with Gasteiger partial charge in [0.1, 0.15) is 5.82 Å². The monoisotopic (exact) mass is 236 g/mol. The Hall–Kier alpha value is -1.52. The molecule has 1 fully saturated rings. The smallest absolute Gasteiger partial charge is 0.225 e. The summed E-state index contributed by atoms with van der Waals surface area (Å²) >= 11 is 0. The van der Waals surface area contributed by atoms with Crippen molar-refractivity contribution in [3.8, 4) is 5.88 Å². The molecule has 0 unspecified atom stereocenters. The lowest BCUT2D eigenvalue weighted by Crippen LogP contribution is -2.28. The highest BCUT2D eigenvalue weighted by molar-refractivity contribution is 5.47. The van der Waals surface area contributed by atoms with Crippen LogP contribution in [0.4, 0.5) is 11.8 Å². The van der Waals surface area contributed by atoms with Gasteiger partial charge in [0.2, 0.25) is 11.8 Å². The number of rotatable bonds is 6. The summed E-state index contributed by atoms with van der Waals surface area (Å²) in [7, 11) is 1.60. The number of hydrogen-bond donors (Lipinski definition) is 1. The van der Waals surface area contributed by atoms with E-state index in [4.69, 9.17) is 10.5 Å². The van der Waals surface area contributed by atoms with Crippen LogP contribution in [0.2, 0.25) is 0 Å². The number of hydrogen-bond acceptors (Lipinski definition) is 5. The fraction of sp³-hybridized carbons (Fsp3) is 0.667. The van der Waals surface area contributed by atoms with E-state index < -0.39 is 0 Å². The topological polar surface area (TPSA) is 64.3 Å². The first kappa shape index (κ1) is 12.0. The highest BCUT2D eigenvalue weighted by atomic mass is 16.5. The van der Waals surface area contributed by atoms with Crippen molar-refractivity contribution in [1.82, 2.24) is 9.97 Å². The van der Waals surface area contributed by atoms with Crippen LogP contribution in [0.1, 0.15) is 32.6 Å². The Labute approximate surface area is 102 Å². The summed E-state index contributed by atoms with van der Waals surface area (Å²) in [5.74, 6) is 1.71. The average molecular weight is 236 g/mol. The van der Waals surface area contributed by atoms with E-state index in [1.165, 1.54) is 25.7 Å². The van der Waals surface area contributed by atoms with E-state index in [1.54, 1.807) is 7.11 Å². The third-order valence-electron chi connectivity index (χ3n) is 2.95. The van der Waals surface area contributed by atoms with E-state index in [2.05, 4.69) is 21.8 Å². The molecule has 1 aliphatic rings. The third-order valence-corrected chi connectivity index (χ3v) is 2.95. The molecule has 0 atom stereocenters. The second-order valence-electron chi connectivity index (χ2n) is 4.40. The number of ether oxygens (including phenoxy) is 1. The Morgan fingerprint density at radius 3 is 2.82 bits per heavy atom. The van der Waals surface area contributed by atoms with Crippen molar-refractivity contribution in [2.24, 2.45) is 0 Å². The number of methoxy groups -OCH3 is 1. The normalized spacial score (nSPS) is 14.7. The van der Waals surface area contributed by atoms with Crippen molar-refractivity contribution in [2.45, 2.75) is 38.6 Å². The first-order chi connectivity index (χ1) is 8.24. The minimum absolute atomic E-state index is 0.279. The molecule has 2 rings (SSSR count). The van der Waals surface area contributed by atoms with Gasteiger partial charge in [-0.05, 0) is 19.3 Å². The Bertz CT molecular complexity index is 379. The van der Waals surface area contributed by atoms with Gasteiger partial charge in [0.05, 0.1) is 7.11 Å². The maximum absolute atomic E-state index is 5.69. The molecule has 1 aliphatic carbocycles. The molecule has 0 amide bonds. The number of unbranched alkanes of at least 4 members (excludes halogenated alkanes) is 1. The van der Waals surface area contributed by atoms with Crippen LogP contribution in [0, 0.1) is 0 Å². The predicted molar refractivity (Wildman–Crippen MR) is 68.3 cm³/mol. The van der Waals surface area contributed by atoms with Gasteiger partial charge in [-0.3, -0.25) is 0 Å². The molecule has 2 N–H and O–H groups in total. The van der Waals surface area contributed by atoms with E-state index in [0.717, 1.165) is 12.4 Å². The molecule has 0 bridgehead atoms. The van der Waals surface area contributed by atoms with Gasteiger partial charge in [-0.25, -0.2) is 0 Å². The second kappa shape index (κ2) is 5.21. The van der Waals surface area contributed by atoms with Gasteiger partial charge < -0.3 is 15.4 Å². The predicted octanol–water partition coefficient (Wildman–Crippen LogP) is 1.84. The van der Waals surface area contributed by atoms with Crippen LogP contribution in [-0.4, -0.2) is 29.7 Å². The number of nitrogens with zero attached hydrogens (tertiary/aromatic N) is 3. The summed E-state index contributed by atoms with van der Waals surface area (Å²) < 4.78 is 5.13. The van der Waals surface area contributed by atoms with Crippen LogP contribution in [-0.2, 0) is 0 Å². The van der Waals surface area contributed by atoms with E-state index in [1.807, 2.05) is 6.07 Å². The summed E-state index contributed by atoms with van der Waals surface area (Å²) in [5.41, 5.74) is 5.69. The molecule has 1 aromatic heterocycles. The SMILES string of the molecule is CCCCN(c1cc(OC)nc(N)n1)C1CC1. The quantitative estimate of drug-likeness (QED) is 0.816. The Morgan fingerprint density at radius 1 is 1.47 bits per heavy atom. The zero-order valence-electron chi connectivity index (χ0n) is 10.5. The maximum atomic E-state index is 5.69. The molecule has 5 heteroatoms. The van der Waals surface area contributed by atoms with Crippen molar-refractivity contribution < 1.29 is 4.74 Å². The zero-order valence-corrected chi connectivity index (χ0v) is 10.5. The molecular formula is C12H20N4O. The lowest BCUT2D eigenvalue weighted by atomic mass is 10.3. The number of aromatic nitrogens is 2. The fourth-order valence-electron chi connectivity index (χ4n) is 1.88. The highest BCUT2D eigenvalue weighted by Crippen LogP contribution is 2.32. The van der Waals surface area contributed by atoms with Crippen LogP contribution >= 0.6 is 0 Å². The van der Waals surface area contributed by atoms with Crippen LogP contribution in [0.15, 0.2) is 6.07 Å². The van der Waals surface area contributed by atoms with E-state index in [-0.39, 0.29) is 5.95 Å². The van der Waals surface area contributed by atoms with E-state index >= 15 is 0 Å². The molecule has 1 saturated carbocycles. The highest BCUT2D eigenvalue weighted by Gasteiger charge is 2.30. The summed E-state index contributed by atoms with van der Waals surface area (Å²) in [5, 5.41) is 0. The fourth-order valence-corrected chi connectivity index (χ4v) is 1.88. The molecule has 5 nitrogen and oxygen atoms in total. The lowest BCUT2D eigenvalue weighted by molar-refractivity contribution is 0.397. The Kier molecular flexibility index (Phi) is 3.66.